The minimum Gasteiger partial charge on any atom is -0.266 e. The fourth-order valence-corrected chi connectivity index (χ4v) is 0.646. The summed E-state index contributed by atoms with van der Waals surface area (Å²) in [7, 11) is 0. The second-order valence-electron chi connectivity index (χ2n) is 2.35. The second kappa shape index (κ2) is 9.00. The van der Waals surface area contributed by atoms with Gasteiger partial charge < -0.3 is 0 Å². The Hall–Kier alpha value is -2.57. The van der Waals surface area contributed by atoms with Crippen LogP contribution in [0.5, 0.6) is 0 Å². The molecule has 3 aromatic rings. The molecule has 3 rings (SSSR count). The van der Waals surface area contributed by atoms with E-state index in [-0.39, 0.29) is 0 Å². The summed E-state index contributed by atoms with van der Waals surface area (Å²) in [5.41, 5.74) is 0. The van der Waals surface area contributed by atoms with Crippen LogP contribution < -0.4 is 0 Å². The first kappa shape index (κ1) is 11.5. The van der Waals surface area contributed by atoms with Crippen molar-refractivity contribution in [1.82, 2.24) is 35.8 Å². The fraction of sp³-hybridized carbons (Fsp3) is 0. The Morgan fingerprint density at radius 1 is 0.625 bits per heavy atom. The highest BCUT2D eigenvalue weighted by atomic mass is 15.3. The van der Waals surface area contributed by atoms with Crippen molar-refractivity contribution in [2.45, 2.75) is 0 Å². The number of nitrogens with one attached hydrogen (secondary N) is 2. The highest BCUT2D eigenvalue weighted by molar-refractivity contribution is 4.88. The minimum atomic E-state index is 1.58. The van der Waals surface area contributed by atoms with Crippen LogP contribution in [0.25, 0.3) is 0 Å². The first-order valence-electron chi connectivity index (χ1n) is 4.46. The van der Waals surface area contributed by atoms with Crippen molar-refractivity contribution in [1.29, 1.82) is 0 Å². The van der Waals surface area contributed by atoms with Gasteiger partial charge in [-0.05, 0) is 12.1 Å². The summed E-state index contributed by atoms with van der Waals surface area (Å²) in [5, 5.41) is 18.5. The lowest BCUT2D eigenvalue weighted by molar-refractivity contribution is 0.940. The van der Waals surface area contributed by atoms with Gasteiger partial charge in [0.1, 0.15) is 0 Å². The van der Waals surface area contributed by atoms with Gasteiger partial charge in [-0.1, -0.05) is 16.5 Å². The van der Waals surface area contributed by atoms with Crippen molar-refractivity contribution in [3.8, 4) is 0 Å². The quantitative estimate of drug-likeness (QED) is 0.577. The van der Waals surface area contributed by atoms with Crippen molar-refractivity contribution in [3.63, 3.8) is 0 Å². The van der Waals surface area contributed by atoms with Crippen LogP contribution in [0.4, 0.5) is 0 Å². The van der Waals surface area contributed by atoms with Crippen LogP contribution in [0.2, 0.25) is 0 Å². The smallest absolute Gasteiger partial charge is 0.0690 e. The zero-order valence-electron chi connectivity index (χ0n) is 8.43. The average molecular weight is 217 g/mol. The molecule has 0 unspecified atom stereocenters. The molecule has 7 nitrogen and oxygen atoms in total. The number of rotatable bonds is 0. The first-order valence-corrected chi connectivity index (χ1v) is 4.46. The molecular weight excluding hydrogens is 206 g/mol. The maximum atomic E-state index is 3.78. The lowest BCUT2D eigenvalue weighted by Gasteiger charge is -1.70. The molecule has 0 aliphatic carbocycles. The van der Waals surface area contributed by atoms with Gasteiger partial charge in [-0.15, -0.1) is 10.2 Å². The van der Waals surface area contributed by atoms with E-state index in [0.717, 1.165) is 0 Å². The molecule has 0 fully saturated rings. The normalized spacial score (nSPS) is 8.00. The zero-order chi connectivity index (χ0) is 11.3. The predicted octanol–water partition coefficient (Wildman–Crippen LogP) is 0.691. The minimum absolute atomic E-state index is 1.58. The van der Waals surface area contributed by atoms with Gasteiger partial charge in [-0.2, -0.15) is 0 Å². The standard InChI is InChI=1S/C5H5N.2C2H3N3/c1-2-4-6-5-3-1;2*1-2-4-5-3-1/h1-5H;2*1-2H,(H,3,4,5). The van der Waals surface area contributed by atoms with E-state index in [2.05, 4.69) is 35.8 Å². The van der Waals surface area contributed by atoms with Crippen LogP contribution in [-0.2, 0) is 0 Å². The predicted molar refractivity (Wildman–Crippen MR) is 57.0 cm³/mol. The van der Waals surface area contributed by atoms with Gasteiger partial charge >= 0.3 is 0 Å². The summed E-state index contributed by atoms with van der Waals surface area (Å²) < 4.78 is 0. The van der Waals surface area contributed by atoms with Gasteiger partial charge in [-0.3, -0.25) is 15.2 Å². The summed E-state index contributed by atoms with van der Waals surface area (Å²) in [6.45, 7) is 0. The third-order valence-electron chi connectivity index (χ3n) is 1.23. The molecule has 0 atom stereocenters. The van der Waals surface area contributed by atoms with Crippen molar-refractivity contribution in [3.05, 3.63) is 55.4 Å². The van der Waals surface area contributed by atoms with Gasteiger partial charge in [0.15, 0.2) is 0 Å². The highest BCUT2D eigenvalue weighted by Crippen LogP contribution is 1.73. The van der Waals surface area contributed by atoms with Crippen LogP contribution in [0.15, 0.2) is 55.4 Å². The van der Waals surface area contributed by atoms with E-state index in [9.17, 15) is 0 Å². The van der Waals surface area contributed by atoms with Crippen molar-refractivity contribution >= 4 is 0 Å². The van der Waals surface area contributed by atoms with Gasteiger partial charge in [-0.25, -0.2) is 0 Å². The summed E-state index contributed by atoms with van der Waals surface area (Å²) >= 11 is 0. The fourth-order valence-electron chi connectivity index (χ4n) is 0.646. The topological polar surface area (TPSA) is 96.0 Å². The summed E-state index contributed by atoms with van der Waals surface area (Å²) in [4.78, 5) is 3.78. The average Bonchev–Trinajstić information content (AvgIpc) is 3.10. The van der Waals surface area contributed by atoms with Crippen molar-refractivity contribution in [2.75, 3.05) is 0 Å². The Labute approximate surface area is 91.9 Å². The third kappa shape index (κ3) is 6.89. The number of pyridine rings is 1. The number of H-pyrrole nitrogens is 2. The number of nitrogens with zero attached hydrogens (tertiary/aromatic N) is 5. The Balaban J connectivity index is 0.000000121. The van der Waals surface area contributed by atoms with E-state index >= 15 is 0 Å². The van der Waals surface area contributed by atoms with Crippen LogP contribution in [-0.4, -0.2) is 35.8 Å². The van der Waals surface area contributed by atoms with E-state index in [4.69, 9.17) is 0 Å². The second-order valence-corrected chi connectivity index (χ2v) is 2.35. The summed E-state index contributed by atoms with van der Waals surface area (Å²) in [6, 6.07) is 5.72. The molecule has 0 spiro atoms. The molecule has 3 aromatic heterocycles. The first-order chi connectivity index (χ1) is 8.00. The van der Waals surface area contributed by atoms with Gasteiger partial charge in [0.2, 0.25) is 0 Å². The lowest BCUT2D eigenvalue weighted by atomic mass is 10.5. The number of hydrogen-bond acceptors (Lipinski definition) is 5. The molecule has 7 heteroatoms. The number of hydrogen-bond donors (Lipinski definition) is 2. The summed E-state index contributed by atoms with van der Waals surface area (Å²) in [5.74, 6) is 0. The molecule has 0 aromatic carbocycles. The maximum Gasteiger partial charge on any atom is 0.0690 e. The van der Waals surface area contributed by atoms with E-state index in [1.54, 1.807) is 37.2 Å². The summed E-state index contributed by atoms with van der Waals surface area (Å²) in [6.07, 6.45) is 9.97. The van der Waals surface area contributed by atoms with Gasteiger partial charge in [0.25, 0.3) is 0 Å². The van der Waals surface area contributed by atoms with Crippen molar-refractivity contribution < 1.29 is 0 Å². The van der Waals surface area contributed by atoms with E-state index in [1.807, 2.05) is 18.2 Å². The van der Waals surface area contributed by atoms with E-state index < -0.39 is 0 Å². The molecule has 0 radical (unpaired) electrons. The molecule has 82 valence electrons. The monoisotopic (exact) mass is 217 g/mol. The molecule has 0 aliphatic rings. The van der Waals surface area contributed by atoms with Crippen LogP contribution >= 0.6 is 0 Å². The lowest BCUT2D eigenvalue weighted by Crippen LogP contribution is -1.61. The largest absolute Gasteiger partial charge is 0.266 e. The molecule has 0 bridgehead atoms. The Bertz CT molecular complexity index is 307. The molecule has 0 aliphatic heterocycles. The van der Waals surface area contributed by atoms with E-state index in [0.29, 0.717) is 0 Å². The Morgan fingerprint density at radius 2 is 1.19 bits per heavy atom. The van der Waals surface area contributed by atoms with Gasteiger partial charge in [0.05, 0.1) is 12.4 Å². The Morgan fingerprint density at radius 3 is 1.31 bits per heavy atom. The molecule has 3 heterocycles. The van der Waals surface area contributed by atoms with Crippen LogP contribution in [0.3, 0.4) is 0 Å². The molecule has 0 saturated heterocycles. The molecule has 0 saturated carbocycles. The number of aromatic amines is 2. The Kier molecular flexibility index (Phi) is 6.47. The van der Waals surface area contributed by atoms with Crippen molar-refractivity contribution in [2.24, 2.45) is 0 Å². The molecule has 2 N–H and O–H groups in total. The van der Waals surface area contributed by atoms with E-state index in [1.165, 1.54) is 0 Å². The molecular formula is C9H11N7. The SMILES string of the molecule is c1c[nH]nn1.c1c[nH]nn1.c1ccncc1. The van der Waals surface area contributed by atoms with Crippen LogP contribution in [0.1, 0.15) is 0 Å². The van der Waals surface area contributed by atoms with Crippen LogP contribution in [0, 0.1) is 0 Å². The van der Waals surface area contributed by atoms with Gasteiger partial charge in [0, 0.05) is 24.8 Å². The molecule has 16 heavy (non-hydrogen) atoms. The molecule has 0 amide bonds. The maximum absolute atomic E-state index is 3.78. The zero-order valence-corrected chi connectivity index (χ0v) is 8.43. The highest BCUT2D eigenvalue weighted by Gasteiger charge is 1.59. The third-order valence-corrected chi connectivity index (χ3v) is 1.23. The number of aromatic nitrogens is 7.